The number of hydrogen-bond donors (Lipinski definition) is 0. The molecule has 102 valence electrons. The summed E-state index contributed by atoms with van der Waals surface area (Å²) in [7, 11) is 0. The summed E-state index contributed by atoms with van der Waals surface area (Å²) in [6.45, 7) is 2.44. The van der Waals surface area contributed by atoms with Crippen molar-refractivity contribution in [2.45, 2.75) is 45.4 Å². The summed E-state index contributed by atoms with van der Waals surface area (Å²) in [5.41, 5.74) is 10.1. The molecule has 0 radical (unpaired) electrons. The third-order valence-corrected chi connectivity index (χ3v) is 3.10. The van der Waals surface area contributed by atoms with E-state index in [1.165, 1.54) is 31.2 Å². The molecule has 1 aromatic rings. The molecule has 0 N–H and O–H groups in total. The van der Waals surface area contributed by atoms with Gasteiger partial charge in [0.05, 0.1) is 0 Å². The fraction of sp³-hybridized carbons (Fsp3) is 0.533. The van der Waals surface area contributed by atoms with E-state index in [4.69, 9.17) is 5.53 Å². The zero-order chi connectivity index (χ0) is 13.9. The molecule has 0 aliphatic carbocycles. The average molecular weight is 259 g/mol. The maximum Gasteiger partial charge on any atom is 0.163 e. The van der Waals surface area contributed by atoms with Crippen molar-refractivity contribution in [2.24, 2.45) is 5.11 Å². The molecule has 0 saturated heterocycles. The second-order valence-corrected chi connectivity index (χ2v) is 4.64. The van der Waals surface area contributed by atoms with E-state index < -0.39 is 0 Å². The van der Waals surface area contributed by atoms with E-state index in [1.807, 2.05) is 24.3 Å². The molecule has 0 saturated carbocycles. The summed E-state index contributed by atoms with van der Waals surface area (Å²) in [5, 5.41) is 3.37. The van der Waals surface area contributed by atoms with Gasteiger partial charge in [-0.25, -0.2) is 0 Å². The van der Waals surface area contributed by atoms with E-state index in [1.54, 1.807) is 0 Å². The SMILES string of the molecule is CCCCCCc1ccc(C(=O)CCN=[N+]=[N-])cc1. The van der Waals surface area contributed by atoms with Gasteiger partial charge in [0, 0.05) is 23.4 Å². The van der Waals surface area contributed by atoms with Crippen LogP contribution in [0.4, 0.5) is 0 Å². The maximum absolute atomic E-state index is 11.7. The first-order chi connectivity index (χ1) is 9.27. The van der Waals surface area contributed by atoms with Gasteiger partial charge in [-0.1, -0.05) is 55.6 Å². The largest absolute Gasteiger partial charge is 0.294 e. The Morgan fingerprint density at radius 1 is 1.21 bits per heavy atom. The highest BCUT2D eigenvalue weighted by molar-refractivity contribution is 5.96. The van der Waals surface area contributed by atoms with Crippen LogP contribution in [0, 0.1) is 0 Å². The quantitative estimate of drug-likeness (QED) is 0.208. The number of nitrogens with zero attached hydrogens (tertiary/aromatic N) is 3. The van der Waals surface area contributed by atoms with Crippen LogP contribution in [0.5, 0.6) is 0 Å². The Kier molecular flexibility index (Phi) is 7.37. The van der Waals surface area contributed by atoms with Gasteiger partial charge < -0.3 is 0 Å². The number of aryl methyl sites for hydroxylation is 1. The number of rotatable bonds is 9. The summed E-state index contributed by atoms with van der Waals surface area (Å²) < 4.78 is 0. The molecule has 0 aliphatic heterocycles. The van der Waals surface area contributed by atoms with Gasteiger partial charge in [-0.3, -0.25) is 4.79 Å². The number of benzene rings is 1. The van der Waals surface area contributed by atoms with Gasteiger partial charge in [0.1, 0.15) is 0 Å². The van der Waals surface area contributed by atoms with Gasteiger partial charge in [-0.2, -0.15) is 0 Å². The Bertz CT molecular complexity index is 433. The fourth-order valence-electron chi connectivity index (χ4n) is 1.95. The van der Waals surface area contributed by atoms with Crippen LogP contribution in [0.3, 0.4) is 0 Å². The van der Waals surface area contributed by atoms with Crippen LogP contribution in [0.1, 0.15) is 54.9 Å². The molecule has 1 aromatic carbocycles. The minimum Gasteiger partial charge on any atom is -0.294 e. The van der Waals surface area contributed by atoms with Crippen LogP contribution in [-0.4, -0.2) is 12.3 Å². The van der Waals surface area contributed by atoms with Crippen molar-refractivity contribution in [3.63, 3.8) is 0 Å². The topological polar surface area (TPSA) is 65.8 Å². The smallest absolute Gasteiger partial charge is 0.163 e. The lowest BCUT2D eigenvalue weighted by atomic mass is 10.0. The molecule has 4 nitrogen and oxygen atoms in total. The van der Waals surface area contributed by atoms with Gasteiger partial charge >= 0.3 is 0 Å². The highest BCUT2D eigenvalue weighted by Gasteiger charge is 2.04. The summed E-state index contributed by atoms with van der Waals surface area (Å²) in [6.07, 6.45) is 6.36. The van der Waals surface area contributed by atoms with Crippen molar-refractivity contribution in [1.82, 2.24) is 0 Å². The van der Waals surface area contributed by atoms with Crippen LogP contribution in [0.25, 0.3) is 10.4 Å². The Hall–Kier alpha value is -1.80. The van der Waals surface area contributed by atoms with Crippen molar-refractivity contribution in [2.75, 3.05) is 6.54 Å². The predicted molar refractivity (Wildman–Crippen MR) is 77.2 cm³/mol. The predicted octanol–water partition coefficient (Wildman–Crippen LogP) is 4.69. The standard InChI is InChI=1S/C15H21N3O/c1-2-3-4-5-6-13-7-9-14(10-8-13)15(19)11-12-17-18-16/h7-10H,2-6,11-12H2,1H3. The first-order valence-corrected chi connectivity index (χ1v) is 6.91. The van der Waals surface area contributed by atoms with Gasteiger partial charge in [-0.15, -0.1) is 0 Å². The van der Waals surface area contributed by atoms with Gasteiger partial charge in [0.15, 0.2) is 5.78 Å². The molecule has 0 heterocycles. The molecule has 0 amide bonds. The Labute approximate surface area is 114 Å². The van der Waals surface area contributed by atoms with Crippen LogP contribution in [0.2, 0.25) is 0 Å². The molecule has 0 aromatic heterocycles. The van der Waals surface area contributed by atoms with E-state index in [-0.39, 0.29) is 18.7 Å². The van der Waals surface area contributed by atoms with Crippen molar-refractivity contribution in [3.8, 4) is 0 Å². The zero-order valence-electron chi connectivity index (χ0n) is 11.5. The minimum absolute atomic E-state index is 0.0323. The van der Waals surface area contributed by atoms with Crippen LogP contribution >= 0.6 is 0 Å². The van der Waals surface area contributed by atoms with E-state index >= 15 is 0 Å². The normalized spacial score (nSPS) is 9.95. The zero-order valence-corrected chi connectivity index (χ0v) is 11.5. The number of carbonyl (C=O) groups is 1. The molecule has 4 heteroatoms. The molecule has 0 fully saturated rings. The highest BCUT2D eigenvalue weighted by Crippen LogP contribution is 2.11. The van der Waals surface area contributed by atoms with Crippen LogP contribution in [-0.2, 0) is 6.42 Å². The molecule has 0 aliphatic rings. The van der Waals surface area contributed by atoms with Crippen LogP contribution < -0.4 is 0 Å². The number of carbonyl (C=O) groups excluding carboxylic acids is 1. The van der Waals surface area contributed by atoms with Crippen molar-refractivity contribution < 1.29 is 4.79 Å². The first kappa shape index (κ1) is 15.3. The molecular formula is C15H21N3O. The molecule has 0 unspecified atom stereocenters. The Morgan fingerprint density at radius 3 is 2.58 bits per heavy atom. The summed E-state index contributed by atoms with van der Waals surface area (Å²) >= 11 is 0. The summed E-state index contributed by atoms with van der Waals surface area (Å²) in [5.74, 6) is 0.0323. The lowest BCUT2D eigenvalue weighted by Crippen LogP contribution is -2.00. The number of ketones is 1. The number of Topliss-reactive ketones (excluding diaryl/α,β-unsaturated/α-hetero) is 1. The first-order valence-electron chi connectivity index (χ1n) is 6.91. The fourth-order valence-corrected chi connectivity index (χ4v) is 1.95. The van der Waals surface area contributed by atoms with E-state index in [0.717, 1.165) is 6.42 Å². The molecule has 1 rings (SSSR count). The van der Waals surface area contributed by atoms with E-state index in [0.29, 0.717) is 5.56 Å². The third kappa shape index (κ3) is 6.07. The third-order valence-electron chi connectivity index (χ3n) is 3.10. The number of hydrogen-bond acceptors (Lipinski definition) is 2. The molecule has 19 heavy (non-hydrogen) atoms. The lowest BCUT2D eigenvalue weighted by molar-refractivity contribution is 0.0985. The van der Waals surface area contributed by atoms with Gasteiger partial charge in [-0.05, 0) is 23.9 Å². The van der Waals surface area contributed by atoms with Gasteiger partial charge in [0.25, 0.3) is 0 Å². The van der Waals surface area contributed by atoms with Crippen molar-refractivity contribution >= 4 is 5.78 Å². The summed E-state index contributed by atoms with van der Waals surface area (Å²) in [4.78, 5) is 14.4. The number of azide groups is 1. The average Bonchev–Trinajstić information content (AvgIpc) is 2.44. The van der Waals surface area contributed by atoms with Gasteiger partial charge in [0.2, 0.25) is 0 Å². The molecular weight excluding hydrogens is 238 g/mol. The highest BCUT2D eigenvalue weighted by atomic mass is 16.1. The van der Waals surface area contributed by atoms with E-state index in [9.17, 15) is 4.79 Å². The number of unbranched alkanes of at least 4 members (excludes halogenated alkanes) is 3. The van der Waals surface area contributed by atoms with Crippen molar-refractivity contribution in [3.05, 3.63) is 45.8 Å². The lowest BCUT2D eigenvalue weighted by Gasteiger charge is -2.03. The molecule has 0 atom stereocenters. The second-order valence-electron chi connectivity index (χ2n) is 4.64. The minimum atomic E-state index is 0.0323. The summed E-state index contributed by atoms with van der Waals surface area (Å²) in [6, 6.07) is 7.78. The van der Waals surface area contributed by atoms with E-state index in [2.05, 4.69) is 16.9 Å². The maximum atomic E-state index is 11.7. The molecule has 0 bridgehead atoms. The Morgan fingerprint density at radius 2 is 1.95 bits per heavy atom. The Balaban J connectivity index is 2.42. The second kappa shape index (κ2) is 9.17. The van der Waals surface area contributed by atoms with Crippen LogP contribution in [0.15, 0.2) is 29.4 Å². The molecule has 0 spiro atoms. The van der Waals surface area contributed by atoms with Crippen molar-refractivity contribution in [1.29, 1.82) is 0 Å². The monoisotopic (exact) mass is 259 g/mol.